The Kier molecular flexibility index (Phi) is 25.2. The third-order valence-electron chi connectivity index (χ3n) is 10.9. The van der Waals surface area contributed by atoms with Crippen molar-refractivity contribution in [2.45, 2.75) is 174 Å². The summed E-state index contributed by atoms with van der Waals surface area (Å²) in [7, 11) is -5.29. The minimum Gasteiger partial charge on any atom is -0.463 e. The molecule has 3 aliphatic rings. The quantitative estimate of drug-likeness (QED) is 0.0381. The Labute approximate surface area is 471 Å². The second-order valence-corrected chi connectivity index (χ2v) is 19.9. The highest BCUT2D eigenvalue weighted by molar-refractivity contribution is 8.14. The van der Waals surface area contributed by atoms with Crippen LogP contribution in [-0.2, 0) is 145 Å². The Hall–Kier alpha value is -7.24. The number of rotatable bonds is 23. The summed E-state index contributed by atoms with van der Waals surface area (Å²) in [6.45, 7) is 8.98. The fourth-order valence-corrected chi connectivity index (χ4v) is 9.54. The van der Waals surface area contributed by atoms with Gasteiger partial charge in [-0.25, -0.2) is 4.28 Å². The molecule has 0 radical (unpaired) electrons. The predicted molar refractivity (Wildman–Crippen MR) is 264 cm³/mol. The molecule has 456 valence electrons. The molecule has 32 nitrogen and oxygen atoms in total. The van der Waals surface area contributed by atoms with E-state index < -0.39 is 194 Å². The van der Waals surface area contributed by atoms with Crippen LogP contribution in [0.1, 0.15) is 81.7 Å². The number of oxime groups is 1. The van der Waals surface area contributed by atoms with Gasteiger partial charge < -0.3 is 75.8 Å². The fourth-order valence-electron chi connectivity index (χ4n) is 8.16. The zero-order valence-corrected chi connectivity index (χ0v) is 47.4. The lowest BCUT2D eigenvalue weighted by atomic mass is 9.96. The molecule has 0 saturated carbocycles. The molecule has 0 amide bonds. The van der Waals surface area contributed by atoms with E-state index in [1.54, 1.807) is 0 Å². The van der Waals surface area contributed by atoms with Crippen molar-refractivity contribution in [3.63, 3.8) is 0 Å². The molecule has 3 aliphatic heterocycles. The molecule has 15 atom stereocenters. The summed E-state index contributed by atoms with van der Waals surface area (Å²) in [6.07, 6.45) is -24.3. The molecule has 34 heteroatoms. The normalized spacial score (nSPS) is 28.0. The number of ether oxygens (including phenoxy) is 16. The lowest BCUT2D eigenvalue weighted by Gasteiger charge is -2.48. The van der Waals surface area contributed by atoms with Gasteiger partial charge in [0.25, 0.3) is 0 Å². The molecule has 0 aromatic heterocycles. The molecule has 0 spiro atoms. The Morgan fingerprint density at radius 2 is 0.793 bits per heavy atom. The third-order valence-corrected chi connectivity index (χ3v) is 12.2. The minimum atomic E-state index is -5.29. The van der Waals surface area contributed by atoms with E-state index in [4.69, 9.17) is 75.8 Å². The van der Waals surface area contributed by atoms with Crippen molar-refractivity contribution in [1.82, 2.24) is 0 Å². The first-order chi connectivity index (χ1) is 38.3. The van der Waals surface area contributed by atoms with Gasteiger partial charge in [0.15, 0.2) is 49.0 Å². The van der Waals surface area contributed by atoms with Crippen LogP contribution in [0.3, 0.4) is 0 Å². The number of hydrogen-bond donors (Lipinski definition) is 1. The number of esters is 11. The highest BCUT2D eigenvalue weighted by Gasteiger charge is 2.58. The second-order valence-electron chi connectivity index (χ2n) is 17.8. The van der Waals surface area contributed by atoms with Crippen LogP contribution in [0.2, 0.25) is 0 Å². The third kappa shape index (κ3) is 21.6. The zero-order chi connectivity index (χ0) is 61.3. The van der Waals surface area contributed by atoms with Gasteiger partial charge in [-0.3, -0.25) is 57.3 Å². The molecule has 4 rings (SSSR count). The average Bonchev–Trinajstić information content (AvgIpc) is 3.49. The van der Waals surface area contributed by atoms with Crippen molar-refractivity contribution in [3.05, 3.63) is 29.8 Å². The second kappa shape index (κ2) is 30.7. The van der Waals surface area contributed by atoms with Gasteiger partial charge in [0.2, 0.25) is 12.4 Å². The first-order valence-corrected chi connectivity index (χ1v) is 26.6. The van der Waals surface area contributed by atoms with E-state index in [1.165, 1.54) is 24.3 Å². The summed E-state index contributed by atoms with van der Waals surface area (Å²) in [5.74, 6) is -10.4. The highest BCUT2D eigenvalue weighted by atomic mass is 32.3. The van der Waals surface area contributed by atoms with Crippen molar-refractivity contribution in [3.8, 4) is 5.75 Å². The minimum absolute atomic E-state index is 0.0995. The van der Waals surface area contributed by atoms with Crippen LogP contribution in [0.5, 0.6) is 5.75 Å². The number of hydrogen-bond acceptors (Lipinski definition) is 32. The van der Waals surface area contributed by atoms with Crippen LogP contribution in [0.25, 0.3) is 0 Å². The van der Waals surface area contributed by atoms with Crippen molar-refractivity contribution in [2.24, 2.45) is 5.16 Å². The van der Waals surface area contributed by atoms with Crippen LogP contribution in [-0.4, -0.2) is 195 Å². The van der Waals surface area contributed by atoms with E-state index in [-0.39, 0.29) is 16.4 Å². The molecule has 0 aliphatic carbocycles. The molecular formula is C48H61NO31S2. The summed E-state index contributed by atoms with van der Waals surface area (Å²) in [5.41, 5.74) is -1.31. The molecule has 1 aromatic carbocycles. The van der Waals surface area contributed by atoms with Crippen LogP contribution in [0.4, 0.5) is 0 Å². The van der Waals surface area contributed by atoms with Gasteiger partial charge in [-0.2, -0.15) is 8.42 Å². The Bertz CT molecular complexity index is 2650. The molecule has 3 saturated heterocycles. The number of thioether (sulfide) groups is 1. The molecule has 3 fully saturated rings. The van der Waals surface area contributed by atoms with Crippen LogP contribution >= 0.6 is 11.8 Å². The highest BCUT2D eigenvalue weighted by Crippen LogP contribution is 2.38. The van der Waals surface area contributed by atoms with E-state index in [9.17, 15) is 65.7 Å². The average molecular weight is 1210 g/mol. The monoisotopic (exact) mass is 1210 g/mol. The van der Waals surface area contributed by atoms with Crippen LogP contribution < -0.4 is 4.74 Å². The van der Waals surface area contributed by atoms with E-state index in [0.29, 0.717) is 11.8 Å². The maximum atomic E-state index is 13.0. The molecule has 3 heterocycles. The van der Waals surface area contributed by atoms with Gasteiger partial charge in [-0.15, -0.1) is 0 Å². The predicted octanol–water partition coefficient (Wildman–Crippen LogP) is 0.177. The smallest absolute Gasteiger partial charge is 0.463 e. The summed E-state index contributed by atoms with van der Waals surface area (Å²) < 4.78 is 128. The van der Waals surface area contributed by atoms with Crippen molar-refractivity contribution in [2.75, 3.05) is 19.8 Å². The lowest BCUT2D eigenvalue weighted by Crippen LogP contribution is -2.67. The fraction of sp³-hybridized carbons (Fsp3) is 0.625. The molecule has 82 heavy (non-hydrogen) atoms. The number of carbonyl (C=O) groups excluding carboxylic acids is 11. The van der Waals surface area contributed by atoms with E-state index in [0.717, 1.165) is 76.2 Å². The van der Waals surface area contributed by atoms with Gasteiger partial charge in [-0.1, -0.05) is 29.1 Å². The summed E-state index contributed by atoms with van der Waals surface area (Å²) in [4.78, 5) is 137. The van der Waals surface area contributed by atoms with Crippen molar-refractivity contribution in [1.29, 1.82) is 0 Å². The maximum absolute atomic E-state index is 13.0. The Morgan fingerprint density at radius 1 is 0.451 bits per heavy atom. The number of benzene rings is 1. The largest absolute Gasteiger partial charge is 0.466 e. The lowest BCUT2D eigenvalue weighted by molar-refractivity contribution is -0.354. The molecular weight excluding hydrogens is 1150 g/mol. The SMILES string of the molecule is CC(=O)OC[C@H]1O[C@@H](S/C(Cc2ccc(O[C@@H]3O[C@H](COC(C)=O)[C@@H](O[C@@H]4O[C@H](COC(C)=O)[C@@H](OC(C)=O)[C@H](OC(C)=O)[C@H]4OC(C)=O)[C@H](OC(C)=O)[C@H]3OC(C)=O)cc2)=N\OS(=O)(=O)O)[C@H](OC(C)=O)[C@@H](OC(C)=O)[C@@H]1OC(C)=O. The first kappa shape index (κ1) is 67.3. The Balaban J connectivity index is 1.77. The number of carbonyl (C=O) groups is 11. The van der Waals surface area contributed by atoms with Gasteiger partial charge >= 0.3 is 76.1 Å². The van der Waals surface area contributed by atoms with Crippen molar-refractivity contribution >= 4 is 92.9 Å². The van der Waals surface area contributed by atoms with E-state index >= 15 is 0 Å². The Morgan fingerprint density at radius 3 is 1.21 bits per heavy atom. The van der Waals surface area contributed by atoms with Crippen molar-refractivity contribution < 1.29 is 146 Å². The molecule has 0 bridgehead atoms. The molecule has 1 N–H and O–H groups in total. The summed E-state index contributed by atoms with van der Waals surface area (Å²) >= 11 is 0.509. The summed E-state index contributed by atoms with van der Waals surface area (Å²) in [6, 6.07) is 5.33. The summed E-state index contributed by atoms with van der Waals surface area (Å²) in [5, 5.41) is 3.20. The first-order valence-electron chi connectivity index (χ1n) is 24.3. The van der Waals surface area contributed by atoms with Gasteiger partial charge in [0.1, 0.15) is 60.5 Å². The van der Waals surface area contributed by atoms with Gasteiger partial charge in [-0.05, 0) is 17.7 Å². The topological polar surface area (TPSA) is 411 Å². The van der Waals surface area contributed by atoms with Crippen LogP contribution in [0, 0.1) is 0 Å². The van der Waals surface area contributed by atoms with E-state index in [2.05, 4.69) is 9.44 Å². The maximum Gasteiger partial charge on any atom is 0.466 e. The standard InChI is InChI=1S/C48H61NO31S2/c1-20(50)64-17-33-37(67-23(4)53)40(69-25(6)55)44(73-29(10)59)47(77-33)79-39-34(18-65-21(2)51)76-46(43(72-28(9)58)41(39)70-26(7)56)75-32-14-12-31(13-15-32)16-36(49-80-82(61,62)63)81-48-45(74-30(11)60)42(71-27(8)57)38(68-24(5)54)35(78-48)19-66-22(3)52/h12-15,33-35,37-48H,16-19H2,1-11H3,(H,61,62,63)/b49-36-/t33-,34-,35-,37-,38-,39-,40+,41+,42+,43-,44-,45-,46-,47+,48+/m1/s1. The number of nitrogens with zero attached hydrogens (tertiary/aromatic N) is 1. The molecule has 0 unspecified atom stereocenters. The van der Waals surface area contributed by atoms with Gasteiger partial charge in [0, 0.05) is 82.6 Å². The van der Waals surface area contributed by atoms with Crippen LogP contribution in [0.15, 0.2) is 29.4 Å². The van der Waals surface area contributed by atoms with E-state index in [1.807, 2.05) is 0 Å². The van der Waals surface area contributed by atoms with Gasteiger partial charge in [0.05, 0.1) is 0 Å². The zero-order valence-electron chi connectivity index (χ0n) is 45.8. The molecule has 1 aromatic rings.